The van der Waals surface area contributed by atoms with Crippen LogP contribution in [0.4, 0.5) is 4.39 Å². The third kappa shape index (κ3) is 5.37. The van der Waals surface area contributed by atoms with Gasteiger partial charge in [0.1, 0.15) is 0 Å². The fraction of sp³-hybridized carbons (Fsp3) is 0.240. The molecule has 0 fully saturated rings. The second kappa shape index (κ2) is 9.27. The number of nitrogens with zero attached hydrogens (tertiary/aromatic N) is 1. The highest BCUT2D eigenvalue weighted by atomic mass is 19.1. The first-order chi connectivity index (χ1) is 13.2. The van der Waals surface area contributed by atoms with Gasteiger partial charge >= 0.3 is 0 Å². The van der Waals surface area contributed by atoms with E-state index in [0.717, 1.165) is 47.0 Å². The number of allylic oxidation sites excluding steroid dienone is 2. The Bertz CT molecular complexity index is 923. The molecule has 3 rings (SSSR count). The molecule has 27 heavy (non-hydrogen) atoms. The number of pyridine rings is 1. The summed E-state index contributed by atoms with van der Waals surface area (Å²) in [6.45, 7) is 5.40. The molecule has 2 aromatic carbocycles. The van der Waals surface area contributed by atoms with Gasteiger partial charge in [0.25, 0.3) is 0 Å². The van der Waals surface area contributed by atoms with E-state index in [1.165, 1.54) is 5.56 Å². The number of halogens is 1. The molecule has 0 aliphatic heterocycles. The largest absolute Gasteiger partial charge is 0.248 e. The number of aromatic nitrogens is 1. The van der Waals surface area contributed by atoms with Gasteiger partial charge in [-0.25, -0.2) is 9.37 Å². The van der Waals surface area contributed by atoms with E-state index in [2.05, 4.69) is 73.3 Å². The minimum Gasteiger partial charge on any atom is -0.248 e. The van der Waals surface area contributed by atoms with Crippen molar-refractivity contribution in [3.05, 3.63) is 84.5 Å². The third-order valence-electron chi connectivity index (χ3n) is 4.63. The number of benzene rings is 2. The minimum atomic E-state index is -0.711. The predicted octanol–water partition coefficient (Wildman–Crippen LogP) is 7.17. The van der Waals surface area contributed by atoms with Crippen LogP contribution in [0.1, 0.15) is 37.3 Å². The quantitative estimate of drug-likeness (QED) is 0.307. The zero-order chi connectivity index (χ0) is 19.1. The standard InChI is InChI=1S/C25H26FN/c1-3-7-20-10-13-22(14-11-20)24-17-15-23-18-21(12-16-25(23)27-24)9-6-4-5-8-19(2)26/h3,6,9-19H,1,4-5,7-8H2,2H3/b9-6+. The van der Waals surface area contributed by atoms with E-state index in [1.54, 1.807) is 6.92 Å². The predicted molar refractivity (Wildman–Crippen MR) is 115 cm³/mol. The summed E-state index contributed by atoms with van der Waals surface area (Å²) < 4.78 is 12.8. The Hall–Kier alpha value is -2.74. The summed E-state index contributed by atoms with van der Waals surface area (Å²) in [5, 5.41) is 1.13. The Morgan fingerprint density at radius 2 is 1.89 bits per heavy atom. The Labute approximate surface area is 161 Å². The van der Waals surface area contributed by atoms with E-state index in [1.807, 2.05) is 6.08 Å². The monoisotopic (exact) mass is 359 g/mol. The SMILES string of the molecule is C=CCc1ccc(-c2ccc3cc(/C=C/CCCC(C)F)ccc3n2)cc1. The van der Waals surface area contributed by atoms with Crippen molar-refractivity contribution < 1.29 is 4.39 Å². The van der Waals surface area contributed by atoms with Gasteiger partial charge in [-0.1, -0.05) is 54.6 Å². The van der Waals surface area contributed by atoms with Crippen LogP contribution in [0.15, 0.2) is 73.3 Å². The summed E-state index contributed by atoms with van der Waals surface area (Å²) >= 11 is 0. The molecule has 0 spiro atoms. The van der Waals surface area contributed by atoms with Crippen molar-refractivity contribution in [2.75, 3.05) is 0 Å². The van der Waals surface area contributed by atoms with Crippen molar-refractivity contribution in [3.63, 3.8) is 0 Å². The molecule has 0 aliphatic carbocycles. The average Bonchev–Trinajstić information content (AvgIpc) is 2.68. The molecule has 2 heteroatoms. The maximum atomic E-state index is 12.8. The van der Waals surface area contributed by atoms with Crippen LogP contribution in [-0.4, -0.2) is 11.2 Å². The first-order valence-corrected chi connectivity index (χ1v) is 9.57. The highest BCUT2D eigenvalue weighted by Crippen LogP contribution is 2.23. The summed E-state index contributed by atoms with van der Waals surface area (Å²) in [6.07, 6.45) is 8.74. The molecule has 1 aromatic heterocycles. The second-order valence-corrected chi connectivity index (χ2v) is 6.95. The van der Waals surface area contributed by atoms with E-state index in [4.69, 9.17) is 4.98 Å². The van der Waals surface area contributed by atoms with Gasteiger partial charge in [-0.3, -0.25) is 0 Å². The molecule has 0 saturated heterocycles. The zero-order valence-electron chi connectivity index (χ0n) is 15.9. The van der Waals surface area contributed by atoms with Crippen LogP contribution in [0.3, 0.4) is 0 Å². The molecule has 0 saturated carbocycles. The van der Waals surface area contributed by atoms with Gasteiger partial charge in [-0.15, -0.1) is 6.58 Å². The molecule has 0 radical (unpaired) electrons. The van der Waals surface area contributed by atoms with Gasteiger partial charge in [-0.2, -0.15) is 0 Å². The van der Waals surface area contributed by atoms with E-state index < -0.39 is 6.17 Å². The molecule has 138 valence electrons. The zero-order valence-corrected chi connectivity index (χ0v) is 15.9. The van der Waals surface area contributed by atoms with Gasteiger partial charge in [0, 0.05) is 10.9 Å². The third-order valence-corrected chi connectivity index (χ3v) is 4.63. The molecule has 1 atom stereocenters. The molecule has 3 aromatic rings. The van der Waals surface area contributed by atoms with Crippen LogP contribution in [0, 0.1) is 0 Å². The van der Waals surface area contributed by atoms with Crippen molar-refractivity contribution in [2.45, 2.75) is 38.8 Å². The lowest BCUT2D eigenvalue weighted by Gasteiger charge is -2.05. The molecule has 1 nitrogen and oxygen atoms in total. The van der Waals surface area contributed by atoms with Gasteiger partial charge in [0.2, 0.25) is 0 Å². The van der Waals surface area contributed by atoms with Crippen molar-refractivity contribution in [3.8, 4) is 11.3 Å². The molecular weight excluding hydrogens is 333 g/mol. The lowest BCUT2D eigenvalue weighted by Crippen LogP contribution is -1.90. The Morgan fingerprint density at radius 3 is 2.63 bits per heavy atom. The van der Waals surface area contributed by atoms with Crippen LogP contribution in [0.2, 0.25) is 0 Å². The number of rotatable bonds is 8. The van der Waals surface area contributed by atoms with Gasteiger partial charge < -0.3 is 0 Å². The van der Waals surface area contributed by atoms with Crippen molar-refractivity contribution in [1.82, 2.24) is 4.98 Å². The summed E-state index contributed by atoms with van der Waals surface area (Å²) in [5.41, 5.74) is 5.50. The average molecular weight is 359 g/mol. The van der Waals surface area contributed by atoms with Crippen LogP contribution in [0.5, 0.6) is 0 Å². The topological polar surface area (TPSA) is 12.9 Å². The fourth-order valence-corrected chi connectivity index (χ4v) is 3.12. The number of alkyl halides is 1. The lowest BCUT2D eigenvalue weighted by atomic mass is 10.0. The van der Waals surface area contributed by atoms with Crippen LogP contribution in [0.25, 0.3) is 28.2 Å². The van der Waals surface area contributed by atoms with E-state index >= 15 is 0 Å². The van der Waals surface area contributed by atoms with Crippen molar-refractivity contribution in [2.24, 2.45) is 0 Å². The van der Waals surface area contributed by atoms with E-state index in [-0.39, 0.29) is 0 Å². The highest BCUT2D eigenvalue weighted by Gasteiger charge is 2.03. The maximum Gasteiger partial charge on any atom is 0.0973 e. The van der Waals surface area contributed by atoms with E-state index in [9.17, 15) is 4.39 Å². The summed E-state index contributed by atoms with van der Waals surface area (Å²) in [6, 6.07) is 19.0. The van der Waals surface area contributed by atoms with Crippen LogP contribution >= 0.6 is 0 Å². The molecule has 0 aliphatic rings. The van der Waals surface area contributed by atoms with E-state index in [0.29, 0.717) is 6.42 Å². The van der Waals surface area contributed by atoms with Gasteiger partial charge in [0.15, 0.2) is 0 Å². The number of hydrogen-bond acceptors (Lipinski definition) is 1. The van der Waals surface area contributed by atoms with Crippen LogP contribution in [-0.2, 0) is 6.42 Å². The number of unbranched alkanes of at least 4 members (excludes halogenated alkanes) is 1. The maximum absolute atomic E-state index is 12.8. The number of hydrogen-bond donors (Lipinski definition) is 0. The lowest BCUT2D eigenvalue weighted by molar-refractivity contribution is 0.335. The van der Waals surface area contributed by atoms with Crippen molar-refractivity contribution >= 4 is 17.0 Å². The van der Waals surface area contributed by atoms with Gasteiger partial charge in [0.05, 0.1) is 17.4 Å². The molecular formula is C25H26FN. The summed E-state index contributed by atoms with van der Waals surface area (Å²) in [5.74, 6) is 0. The molecule has 1 heterocycles. The normalized spacial score (nSPS) is 12.5. The fourth-order valence-electron chi connectivity index (χ4n) is 3.12. The number of fused-ring (bicyclic) bond motifs is 1. The smallest absolute Gasteiger partial charge is 0.0973 e. The van der Waals surface area contributed by atoms with Crippen molar-refractivity contribution in [1.29, 1.82) is 0 Å². The Morgan fingerprint density at radius 1 is 1.07 bits per heavy atom. The molecule has 0 N–H and O–H groups in total. The van der Waals surface area contributed by atoms with Crippen LogP contribution < -0.4 is 0 Å². The molecule has 0 bridgehead atoms. The highest BCUT2D eigenvalue weighted by molar-refractivity contribution is 5.83. The first-order valence-electron chi connectivity index (χ1n) is 9.57. The Kier molecular flexibility index (Phi) is 6.54. The Balaban J connectivity index is 1.73. The first kappa shape index (κ1) is 19.0. The molecule has 1 unspecified atom stereocenters. The minimum absolute atomic E-state index is 0.628. The second-order valence-electron chi connectivity index (χ2n) is 6.95. The summed E-state index contributed by atoms with van der Waals surface area (Å²) in [4.78, 5) is 4.81. The summed E-state index contributed by atoms with van der Waals surface area (Å²) in [7, 11) is 0. The molecule has 0 amide bonds. The van der Waals surface area contributed by atoms with Gasteiger partial charge in [-0.05, 0) is 61.9 Å².